The van der Waals surface area contributed by atoms with E-state index < -0.39 is 0 Å². The highest BCUT2D eigenvalue weighted by Gasteiger charge is 2.20. The number of aryl methyl sites for hydroxylation is 1. The molecule has 4 rings (SSSR count). The van der Waals surface area contributed by atoms with Crippen LogP contribution in [-0.2, 0) is 0 Å². The summed E-state index contributed by atoms with van der Waals surface area (Å²) in [6, 6.07) is 11.4. The number of benzene rings is 2. The average molecular weight is 484 g/mol. The zero-order valence-electron chi connectivity index (χ0n) is 18.9. The summed E-state index contributed by atoms with van der Waals surface area (Å²) in [5, 5.41) is 8.72. The minimum absolute atomic E-state index is 0.354. The number of anilines is 4. The van der Waals surface area contributed by atoms with E-state index in [4.69, 9.17) is 28.2 Å². The van der Waals surface area contributed by atoms with Crippen molar-refractivity contribution in [2.75, 3.05) is 28.7 Å². The van der Waals surface area contributed by atoms with Gasteiger partial charge in [0.2, 0.25) is 17.8 Å². The molecule has 172 valence electrons. The molecule has 0 radical (unpaired) electrons. The van der Waals surface area contributed by atoms with Crippen LogP contribution in [0.4, 0.5) is 23.5 Å². The van der Waals surface area contributed by atoms with Gasteiger partial charge in [0, 0.05) is 29.4 Å². The first-order valence-corrected chi connectivity index (χ1v) is 11.7. The molecule has 7 nitrogen and oxygen atoms in total. The third-order valence-electron chi connectivity index (χ3n) is 5.87. The number of rotatable bonds is 6. The average Bonchev–Trinajstić information content (AvgIpc) is 2.79. The van der Waals surface area contributed by atoms with E-state index in [1.54, 1.807) is 24.4 Å². The molecule has 2 N–H and O–H groups in total. The first kappa shape index (κ1) is 23.3. The third-order valence-corrected chi connectivity index (χ3v) is 6.43. The minimum Gasteiger partial charge on any atom is -0.341 e. The van der Waals surface area contributed by atoms with Crippen molar-refractivity contribution in [3.8, 4) is 0 Å². The smallest absolute Gasteiger partial charge is 0.250 e. The molecule has 1 fully saturated rings. The van der Waals surface area contributed by atoms with Gasteiger partial charge in [-0.3, -0.25) is 0 Å². The van der Waals surface area contributed by atoms with Gasteiger partial charge in [0.05, 0.1) is 11.2 Å². The number of hydrazone groups is 1. The molecule has 0 unspecified atom stereocenters. The van der Waals surface area contributed by atoms with E-state index in [-0.39, 0.29) is 0 Å². The molecule has 2 heterocycles. The van der Waals surface area contributed by atoms with Crippen LogP contribution in [0.3, 0.4) is 0 Å². The highest BCUT2D eigenvalue weighted by molar-refractivity contribution is 6.36. The summed E-state index contributed by atoms with van der Waals surface area (Å²) < 4.78 is 0. The molecule has 0 atom stereocenters. The van der Waals surface area contributed by atoms with Gasteiger partial charge >= 0.3 is 0 Å². The van der Waals surface area contributed by atoms with Crippen molar-refractivity contribution in [3.63, 3.8) is 0 Å². The van der Waals surface area contributed by atoms with Crippen LogP contribution >= 0.6 is 23.2 Å². The largest absolute Gasteiger partial charge is 0.341 e. The second-order valence-electron chi connectivity index (χ2n) is 8.36. The number of halogens is 2. The Hall–Kier alpha value is -2.90. The Bertz CT molecular complexity index is 1160. The molecule has 2 aromatic carbocycles. The number of aromatic nitrogens is 3. The van der Waals surface area contributed by atoms with Crippen LogP contribution < -0.4 is 15.6 Å². The van der Waals surface area contributed by atoms with Crippen molar-refractivity contribution < 1.29 is 0 Å². The Morgan fingerprint density at radius 2 is 1.79 bits per heavy atom. The van der Waals surface area contributed by atoms with Crippen molar-refractivity contribution in [2.45, 2.75) is 33.6 Å². The van der Waals surface area contributed by atoms with Crippen LogP contribution in [0.15, 0.2) is 41.5 Å². The molecule has 1 aliphatic rings. The fourth-order valence-corrected chi connectivity index (χ4v) is 4.05. The molecule has 0 amide bonds. The lowest BCUT2D eigenvalue weighted by Gasteiger charge is -2.30. The van der Waals surface area contributed by atoms with E-state index in [0.717, 1.165) is 42.7 Å². The third kappa shape index (κ3) is 5.92. The zero-order valence-corrected chi connectivity index (χ0v) is 20.5. The lowest BCUT2D eigenvalue weighted by molar-refractivity contribution is 0.434. The molecule has 9 heteroatoms. The number of nitrogens with one attached hydrogen (secondary N) is 2. The predicted molar refractivity (Wildman–Crippen MR) is 137 cm³/mol. The predicted octanol–water partition coefficient (Wildman–Crippen LogP) is 6.22. The molecule has 0 aliphatic carbocycles. The van der Waals surface area contributed by atoms with E-state index in [2.05, 4.69) is 57.5 Å². The second-order valence-corrected chi connectivity index (χ2v) is 9.20. The van der Waals surface area contributed by atoms with Crippen LogP contribution in [0.25, 0.3) is 0 Å². The Balaban J connectivity index is 1.60. The normalized spacial score (nSPS) is 14.6. The quantitative estimate of drug-likeness (QED) is 0.320. The van der Waals surface area contributed by atoms with E-state index in [9.17, 15) is 0 Å². The SMILES string of the molecule is Cc1cccc(Nc2nc(NN=Cc3ccc(Cl)cc3Cl)nc(N3CCC(C)CC3)n2)c1C. The number of hydrogen-bond donors (Lipinski definition) is 2. The number of nitrogens with zero attached hydrogens (tertiary/aromatic N) is 5. The van der Waals surface area contributed by atoms with Crippen LogP contribution in [0.2, 0.25) is 10.0 Å². The molecule has 0 bridgehead atoms. The van der Waals surface area contributed by atoms with Crippen LogP contribution in [0.5, 0.6) is 0 Å². The molecule has 0 saturated carbocycles. The van der Waals surface area contributed by atoms with Gasteiger partial charge in [0.15, 0.2) is 0 Å². The van der Waals surface area contributed by atoms with Gasteiger partial charge in [-0.2, -0.15) is 20.1 Å². The molecule has 1 aliphatic heterocycles. The number of hydrogen-bond acceptors (Lipinski definition) is 7. The summed E-state index contributed by atoms with van der Waals surface area (Å²) in [4.78, 5) is 16.1. The molecule has 1 saturated heterocycles. The Morgan fingerprint density at radius 3 is 2.55 bits per heavy atom. The lowest BCUT2D eigenvalue weighted by atomic mass is 10.00. The van der Waals surface area contributed by atoms with Crippen LogP contribution in [0, 0.1) is 19.8 Å². The van der Waals surface area contributed by atoms with E-state index in [1.165, 1.54) is 5.56 Å². The van der Waals surface area contributed by atoms with Gasteiger partial charge in [0.1, 0.15) is 0 Å². The standard InChI is InChI=1S/C24H27Cl2N7/c1-15-9-11-33(12-10-15)24-30-22(28-21-6-4-5-16(2)17(21)3)29-23(31-24)32-27-14-18-7-8-19(25)13-20(18)26/h4-8,13-15H,9-12H2,1-3H3,(H2,28,29,30,31,32). The molecular formula is C24H27Cl2N7. The molecule has 0 spiro atoms. The number of piperidine rings is 1. The van der Waals surface area contributed by atoms with Gasteiger partial charge in [-0.05, 0) is 61.9 Å². The first-order chi connectivity index (χ1) is 15.9. The first-order valence-electron chi connectivity index (χ1n) is 11.0. The maximum absolute atomic E-state index is 6.23. The van der Waals surface area contributed by atoms with E-state index in [0.29, 0.717) is 33.8 Å². The van der Waals surface area contributed by atoms with Crippen molar-refractivity contribution >= 4 is 52.9 Å². The fraction of sp³-hybridized carbons (Fsp3) is 0.333. The van der Waals surface area contributed by atoms with Crippen molar-refractivity contribution in [2.24, 2.45) is 11.0 Å². The summed E-state index contributed by atoms with van der Waals surface area (Å²) in [7, 11) is 0. The van der Waals surface area contributed by atoms with Crippen LogP contribution in [-0.4, -0.2) is 34.3 Å². The minimum atomic E-state index is 0.354. The highest BCUT2D eigenvalue weighted by atomic mass is 35.5. The summed E-state index contributed by atoms with van der Waals surface area (Å²) in [5.74, 6) is 2.16. The zero-order chi connectivity index (χ0) is 23.4. The summed E-state index contributed by atoms with van der Waals surface area (Å²) >= 11 is 12.2. The van der Waals surface area contributed by atoms with E-state index in [1.807, 2.05) is 12.1 Å². The summed E-state index contributed by atoms with van der Waals surface area (Å²) in [6.45, 7) is 8.26. The van der Waals surface area contributed by atoms with Gasteiger partial charge in [-0.25, -0.2) is 5.43 Å². The van der Waals surface area contributed by atoms with E-state index >= 15 is 0 Å². The molecule has 1 aromatic heterocycles. The Labute approximate surface area is 204 Å². The second kappa shape index (κ2) is 10.4. The lowest BCUT2D eigenvalue weighted by Crippen LogP contribution is -2.34. The monoisotopic (exact) mass is 483 g/mol. The Kier molecular flexibility index (Phi) is 7.30. The maximum atomic E-state index is 6.23. The van der Waals surface area contributed by atoms with Crippen molar-refractivity contribution in [1.29, 1.82) is 0 Å². The maximum Gasteiger partial charge on any atom is 0.250 e. The molecule has 3 aromatic rings. The Morgan fingerprint density at radius 1 is 1.03 bits per heavy atom. The highest BCUT2D eigenvalue weighted by Crippen LogP contribution is 2.25. The van der Waals surface area contributed by atoms with Crippen LogP contribution in [0.1, 0.15) is 36.5 Å². The molecular weight excluding hydrogens is 457 g/mol. The van der Waals surface area contributed by atoms with Gasteiger partial charge < -0.3 is 10.2 Å². The topological polar surface area (TPSA) is 78.3 Å². The summed E-state index contributed by atoms with van der Waals surface area (Å²) in [6.07, 6.45) is 3.84. The van der Waals surface area contributed by atoms with Crippen molar-refractivity contribution in [1.82, 2.24) is 15.0 Å². The van der Waals surface area contributed by atoms with Gasteiger partial charge in [0.25, 0.3) is 0 Å². The summed E-state index contributed by atoms with van der Waals surface area (Å²) in [5.41, 5.74) is 6.97. The van der Waals surface area contributed by atoms with Gasteiger partial charge in [-0.1, -0.05) is 48.3 Å². The molecule has 33 heavy (non-hydrogen) atoms. The fourth-order valence-electron chi connectivity index (χ4n) is 3.59. The van der Waals surface area contributed by atoms with Crippen molar-refractivity contribution in [3.05, 3.63) is 63.1 Å². The van der Waals surface area contributed by atoms with Gasteiger partial charge in [-0.15, -0.1) is 0 Å².